The summed E-state index contributed by atoms with van der Waals surface area (Å²) in [6, 6.07) is 2.84. The minimum atomic E-state index is -0.852. The van der Waals surface area contributed by atoms with Crippen molar-refractivity contribution < 1.29 is 13.5 Å². The zero-order valence-electron chi connectivity index (χ0n) is 10.9. The van der Waals surface area contributed by atoms with Crippen molar-refractivity contribution in [1.82, 2.24) is 4.98 Å². The summed E-state index contributed by atoms with van der Waals surface area (Å²) in [5, 5.41) is 4.06. The van der Waals surface area contributed by atoms with Crippen LogP contribution in [-0.4, -0.2) is 17.6 Å². The van der Waals surface area contributed by atoms with Gasteiger partial charge in [-0.2, -0.15) is 0 Å². The molecule has 0 bridgehead atoms. The van der Waals surface area contributed by atoms with Crippen LogP contribution in [-0.2, 0) is 17.8 Å². The Labute approximate surface area is 115 Å². The normalized spacial score (nSPS) is 18.1. The Bertz CT molecular complexity index is 698. The average Bonchev–Trinajstić information content (AvgIpc) is 3.25. The highest BCUT2D eigenvalue weighted by atomic mass is 19.2. The minimum absolute atomic E-state index is 0.430. The van der Waals surface area contributed by atoms with Gasteiger partial charge in [0.15, 0.2) is 11.6 Å². The first-order valence-corrected chi connectivity index (χ1v) is 6.87. The van der Waals surface area contributed by atoms with Crippen molar-refractivity contribution in [2.45, 2.75) is 31.9 Å². The van der Waals surface area contributed by atoms with E-state index in [1.165, 1.54) is 12.1 Å². The van der Waals surface area contributed by atoms with Gasteiger partial charge in [-0.25, -0.2) is 8.78 Å². The SMILES string of the molecule is Fc1cc2nc3c(c(NC4CC4)c2cc1F)COCC3. The molecule has 1 saturated carbocycles. The number of nitrogens with zero attached hydrogens (tertiary/aromatic N) is 1. The highest BCUT2D eigenvalue weighted by molar-refractivity contribution is 5.94. The van der Waals surface area contributed by atoms with E-state index in [2.05, 4.69) is 10.3 Å². The van der Waals surface area contributed by atoms with E-state index in [0.29, 0.717) is 36.6 Å². The van der Waals surface area contributed by atoms with Crippen LogP contribution in [0.15, 0.2) is 12.1 Å². The molecule has 1 aromatic carbocycles. The van der Waals surface area contributed by atoms with Crippen molar-refractivity contribution in [3.05, 3.63) is 35.0 Å². The van der Waals surface area contributed by atoms with E-state index in [4.69, 9.17) is 4.74 Å². The zero-order valence-corrected chi connectivity index (χ0v) is 10.9. The van der Waals surface area contributed by atoms with Crippen LogP contribution in [0.4, 0.5) is 14.5 Å². The maximum Gasteiger partial charge on any atom is 0.161 e. The van der Waals surface area contributed by atoms with Crippen molar-refractivity contribution in [2.75, 3.05) is 11.9 Å². The van der Waals surface area contributed by atoms with Gasteiger partial charge in [0.1, 0.15) is 0 Å². The molecule has 1 aromatic heterocycles. The van der Waals surface area contributed by atoms with E-state index in [-0.39, 0.29) is 0 Å². The van der Waals surface area contributed by atoms with Gasteiger partial charge in [0, 0.05) is 29.5 Å². The average molecular weight is 276 g/mol. The Balaban J connectivity index is 1.98. The second kappa shape index (κ2) is 4.38. The lowest BCUT2D eigenvalue weighted by molar-refractivity contribution is 0.110. The topological polar surface area (TPSA) is 34.2 Å². The lowest BCUT2D eigenvalue weighted by atomic mass is 10.0. The van der Waals surface area contributed by atoms with Crippen molar-refractivity contribution in [2.24, 2.45) is 0 Å². The second-order valence-corrected chi connectivity index (χ2v) is 5.42. The summed E-state index contributed by atoms with van der Waals surface area (Å²) in [6.07, 6.45) is 2.94. The van der Waals surface area contributed by atoms with E-state index < -0.39 is 11.6 Å². The van der Waals surface area contributed by atoms with E-state index >= 15 is 0 Å². The van der Waals surface area contributed by atoms with Gasteiger partial charge in [-0.15, -0.1) is 0 Å². The molecule has 1 aliphatic carbocycles. The van der Waals surface area contributed by atoms with E-state index in [1.807, 2.05) is 0 Å². The van der Waals surface area contributed by atoms with Gasteiger partial charge in [0.25, 0.3) is 0 Å². The highest BCUT2D eigenvalue weighted by Crippen LogP contribution is 2.36. The number of ether oxygens (including phenoxy) is 1. The van der Waals surface area contributed by atoms with Gasteiger partial charge in [-0.3, -0.25) is 4.98 Å². The number of aromatic nitrogens is 1. The van der Waals surface area contributed by atoms with Gasteiger partial charge in [0.2, 0.25) is 0 Å². The molecule has 1 fully saturated rings. The number of rotatable bonds is 2. The standard InChI is InChI=1S/C15H14F2N2O/c16-11-5-9-14(6-12(11)17)19-13-3-4-20-7-10(13)15(9)18-8-1-2-8/h5-6,8H,1-4,7H2,(H,18,19). The molecule has 0 unspecified atom stereocenters. The molecule has 0 amide bonds. The second-order valence-electron chi connectivity index (χ2n) is 5.42. The van der Waals surface area contributed by atoms with Crippen LogP contribution in [0.3, 0.4) is 0 Å². The third-order valence-corrected chi connectivity index (χ3v) is 3.87. The van der Waals surface area contributed by atoms with Crippen LogP contribution in [0.5, 0.6) is 0 Å². The molecule has 0 radical (unpaired) electrons. The number of pyridine rings is 1. The smallest absolute Gasteiger partial charge is 0.161 e. The fourth-order valence-corrected chi connectivity index (χ4v) is 2.65. The maximum atomic E-state index is 13.6. The highest BCUT2D eigenvalue weighted by Gasteiger charge is 2.26. The molecule has 4 rings (SSSR count). The number of hydrogen-bond donors (Lipinski definition) is 1. The predicted octanol–water partition coefficient (Wildman–Crippen LogP) is 3.16. The van der Waals surface area contributed by atoms with Gasteiger partial charge in [-0.05, 0) is 18.9 Å². The van der Waals surface area contributed by atoms with Crippen LogP contribution in [0.2, 0.25) is 0 Å². The zero-order chi connectivity index (χ0) is 13.7. The van der Waals surface area contributed by atoms with Crippen molar-refractivity contribution >= 4 is 16.6 Å². The molecule has 1 aliphatic heterocycles. The molecule has 3 nitrogen and oxygen atoms in total. The van der Waals surface area contributed by atoms with Crippen molar-refractivity contribution in [1.29, 1.82) is 0 Å². The monoisotopic (exact) mass is 276 g/mol. The van der Waals surface area contributed by atoms with Crippen LogP contribution < -0.4 is 5.32 Å². The summed E-state index contributed by atoms with van der Waals surface area (Å²) in [7, 11) is 0. The number of benzene rings is 1. The van der Waals surface area contributed by atoms with E-state index in [9.17, 15) is 8.78 Å². The van der Waals surface area contributed by atoms with Gasteiger partial charge in [-0.1, -0.05) is 0 Å². The quantitative estimate of drug-likeness (QED) is 0.915. The summed E-state index contributed by atoms with van der Waals surface area (Å²) in [5.74, 6) is -1.69. The van der Waals surface area contributed by atoms with Crippen molar-refractivity contribution in [3.8, 4) is 0 Å². The Morgan fingerprint density at radius 2 is 2.00 bits per heavy atom. The van der Waals surface area contributed by atoms with Crippen LogP contribution in [0.1, 0.15) is 24.1 Å². The fraction of sp³-hybridized carbons (Fsp3) is 0.400. The van der Waals surface area contributed by atoms with Gasteiger partial charge in [0.05, 0.1) is 30.1 Å². The molecule has 104 valence electrons. The maximum absolute atomic E-state index is 13.6. The molecule has 0 atom stereocenters. The van der Waals surface area contributed by atoms with Gasteiger partial charge < -0.3 is 10.1 Å². The Kier molecular flexibility index (Phi) is 2.63. The third-order valence-electron chi connectivity index (χ3n) is 3.87. The summed E-state index contributed by atoms with van der Waals surface area (Å²) >= 11 is 0. The number of hydrogen-bond acceptors (Lipinski definition) is 3. The summed E-state index contributed by atoms with van der Waals surface area (Å²) in [4.78, 5) is 4.48. The third kappa shape index (κ3) is 1.93. The minimum Gasteiger partial charge on any atom is -0.381 e. The molecule has 2 aliphatic rings. The molecular formula is C15H14F2N2O. The van der Waals surface area contributed by atoms with E-state index in [1.54, 1.807) is 0 Å². The predicted molar refractivity (Wildman–Crippen MR) is 71.7 cm³/mol. The lowest BCUT2D eigenvalue weighted by Gasteiger charge is -2.22. The van der Waals surface area contributed by atoms with Gasteiger partial charge >= 0.3 is 0 Å². The van der Waals surface area contributed by atoms with Crippen LogP contribution in [0, 0.1) is 11.6 Å². The summed E-state index contributed by atoms with van der Waals surface area (Å²) in [6.45, 7) is 1.10. The Morgan fingerprint density at radius 3 is 2.80 bits per heavy atom. The molecule has 1 N–H and O–H groups in total. The molecule has 20 heavy (non-hydrogen) atoms. The largest absolute Gasteiger partial charge is 0.381 e. The van der Waals surface area contributed by atoms with E-state index in [0.717, 1.165) is 29.8 Å². The summed E-state index contributed by atoms with van der Waals surface area (Å²) < 4.78 is 32.5. The number of nitrogens with one attached hydrogen (secondary N) is 1. The van der Waals surface area contributed by atoms with Crippen molar-refractivity contribution in [3.63, 3.8) is 0 Å². The molecule has 2 heterocycles. The van der Waals surface area contributed by atoms with Crippen LogP contribution >= 0.6 is 0 Å². The fourth-order valence-electron chi connectivity index (χ4n) is 2.65. The summed E-state index contributed by atoms with van der Waals surface area (Å²) in [5.41, 5.74) is 3.29. The number of halogens is 2. The first-order chi connectivity index (χ1) is 9.72. The number of anilines is 1. The number of fused-ring (bicyclic) bond motifs is 2. The molecule has 2 aromatic rings. The molecule has 0 spiro atoms. The molecule has 0 saturated heterocycles. The first kappa shape index (κ1) is 12.0. The van der Waals surface area contributed by atoms with Crippen LogP contribution in [0.25, 0.3) is 10.9 Å². The molecule has 5 heteroatoms. The first-order valence-electron chi connectivity index (χ1n) is 6.87. The Morgan fingerprint density at radius 1 is 1.20 bits per heavy atom. The molecular weight excluding hydrogens is 262 g/mol. The Hall–Kier alpha value is -1.75. The lowest BCUT2D eigenvalue weighted by Crippen LogP contribution is -2.16.